The quantitative estimate of drug-likeness (QED) is 0.118. The summed E-state index contributed by atoms with van der Waals surface area (Å²) < 4.78 is 48.8. The van der Waals surface area contributed by atoms with Gasteiger partial charge in [-0.2, -0.15) is 4.31 Å². The predicted octanol–water partition coefficient (Wildman–Crippen LogP) is -0.315. The lowest BCUT2D eigenvalue weighted by atomic mass is 10.2. The molecule has 1 saturated heterocycles. The van der Waals surface area contributed by atoms with Crippen molar-refractivity contribution in [2.45, 2.75) is 31.9 Å². The van der Waals surface area contributed by atoms with Crippen molar-refractivity contribution < 1.29 is 46.8 Å². The van der Waals surface area contributed by atoms with Gasteiger partial charge in [0.05, 0.1) is 6.04 Å². The first-order valence-electron chi connectivity index (χ1n) is 7.54. The fourth-order valence-electron chi connectivity index (χ4n) is 2.33. The van der Waals surface area contributed by atoms with Crippen molar-refractivity contribution in [1.82, 2.24) is 14.4 Å². The van der Waals surface area contributed by atoms with Crippen molar-refractivity contribution in [2.75, 3.05) is 0 Å². The van der Waals surface area contributed by atoms with Crippen LogP contribution in [0, 0.1) is 6.92 Å². The highest BCUT2D eigenvalue weighted by Crippen LogP contribution is 2.62. The van der Waals surface area contributed by atoms with E-state index in [4.69, 9.17) is 20.1 Å². The van der Waals surface area contributed by atoms with Gasteiger partial charge in [0.15, 0.2) is 6.29 Å². The van der Waals surface area contributed by atoms with E-state index >= 15 is 0 Å². The van der Waals surface area contributed by atoms with Crippen molar-refractivity contribution >= 4 is 23.3 Å². The number of phosphoric ester groups is 1. The molecule has 6 N–H and O–H groups in total. The molecule has 5 atom stereocenters. The van der Waals surface area contributed by atoms with E-state index in [0.29, 0.717) is 0 Å². The third-order valence-electron chi connectivity index (χ3n) is 3.41. The fraction of sp³-hybridized carbons (Fsp3) is 0.556. The Kier molecular flexibility index (Phi) is 7.26. The molecule has 1 fully saturated rings. The minimum absolute atomic E-state index is 0.115. The molecule has 168 valence electrons. The molecule has 18 nitrogen and oxygen atoms in total. The highest BCUT2D eigenvalue weighted by Gasteiger charge is 2.45. The number of hydrogen-bond donors (Lipinski definition) is 6. The number of aromatic amines is 1. The first-order chi connectivity index (χ1) is 13.6. The molecule has 0 aromatic carbocycles. The Hall–Kier alpha value is -1.64. The lowest BCUT2D eigenvalue weighted by Gasteiger charge is -2.21. The summed E-state index contributed by atoms with van der Waals surface area (Å²) in [6.45, 7) is 1.38. The van der Waals surface area contributed by atoms with Crippen LogP contribution in [0.15, 0.2) is 20.9 Å². The number of azide groups is 1. The van der Waals surface area contributed by atoms with Gasteiger partial charge in [0.2, 0.25) is 0 Å². The Morgan fingerprint density at radius 1 is 1.33 bits per heavy atom. The van der Waals surface area contributed by atoms with Crippen LogP contribution in [0.4, 0.5) is 0 Å². The van der Waals surface area contributed by atoms with Crippen LogP contribution >= 0.6 is 23.3 Å². The molecular formula is C9H15N6O12P3. The highest BCUT2D eigenvalue weighted by atomic mass is 31.3. The van der Waals surface area contributed by atoms with E-state index < -0.39 is 53.1 Å². The van der Waals surface area contributed by atoms with Crippen LogP contribution in [0.25, 0.3) is 10.4 Å². The fourth-order valence-corrected chi connectivity index (χ4v) is 5.85. The Morgan fingerprint density at radius 3 is 2.53 bits per heavy atom. The van der Waals surface area contributed by atoms with Crippen LogP contribution in [0.1, 0.15) is 18.2 Å². The molecule has 21 heteroatoms. The topological polar surface area (TPSA) is 275 Å². The molecule has 1 aromatic rings. The molecule has 2 heterocycles. The summed E-state index contributed by atoms with van der Waals surface area (Å²) >= 11 is 0. The van der Waals surface area contributed by atoms with Gasteiger partial charge in [-0.05, 0) is 12.5 Å². The molecule has 1 aliphatic rings. The van der Waals surface area contributed by atoms with Gasteiger partial charge in [0.25, 0.3) is 5.56 Å². The number of phosphoric acid groups is 1. The second kappa shape index (κ2) is 8.85. The van der Waals surface area contributed by atoms with Crippen LogP contribution in [0.2, 0.25) is 0 Å². The van der Waals surface area contributed by atoms with E-state index in [0.717, 1.165) is 15.6 Å². The van der Waals surface area contributed by atoms with Crippen LogP contribution in [-0.2, 0) is 27.3 Å². The van der Waals surface area contributed by atoms with Crippen LogP contribution in [-0.4, -0.2) is 41.5 Å². The average Bonchev–Trinajstić information content (AvgIpc) is 2.89. The maximum Gasteiger partial charge on any atom is 0.482 e. The number of ether oxygens (including phenoxy) is 1. The molecule has 0 spiro atoms. The van der Waals surface area contributed by atoms with Crippen LogP contribution < -0.4 is 16.1 Å². The number of hydrogen-bond acceptors (Lipinski definition) is 9. The number of aryl methyl sites for hydroxylation is 1. The van der Waals surface area contributed by atoms with E-state index in [1.165, 1.54) is 6.92 Å². The van der Waals surface area contributed by atoms with Crippen molar-refractivity contribution in [1.29, 1.82) is 0 Å². The van der Waals surface area contributed by atoms with Gasteiger partial charge in [0, 0.05) is 23.1 Å². The summed E-state index contributed by atoms with van der Waals surface area (Å²) in [5, 5.41) is 3.27. The molecule has 0 aliphatic carbocycles. The normalized spacial score (nSPS) is 25.8. The molecule has 0 radical (unpaired) electrons. The number of H-pyrrole nitrogens is 1. The molecular weight excluding hydrogens is 477 g/mol. The second-order valence-electron chi connectivity index (χ2n) is 5.77. The summed E-state index contributed by atoms with van der Waals surface area (Å²) in [6, 6.07) is -1.34. The number of nitrogens with one attached hydrogen (secondary N) is 2. The number of nitrogens with zero attached hydrogens (tertiary/aromatic N) is 4. The van der Waals surface area contributed by atoms with Gasteiger partial charge in [0.1, 0.15) is 6.23 Å². The lowest BCUT2D eigenvalue weighted by Crippen LogP contribution is -2.33. The monoisotopic (exact) mass is 492 g/mol. The number of aromatic nitrogens is 2. The predicted molar refractivity (Wildman–Crippen MR) is 94.5 cm³/mol. The minimum atomic E-state index is -5.53. The molecule has 2 rings (SSSR count). The molecule has 0 bridgehead atoms. The van der Waals surface area contributed by atoms with Crippen molar-refractivity contribution in [3.05, 3.63) is 43.0 Å². The van der Waals surface area contributed by atoms with E-state index in [1.54, 1.807) is 0 Å². The maximum atomic E-state index is 12.0. The minimum Gasteiger partial charge on any atom is -0.328 e. The largest absolute Gasteiger partial charge is 0.482 e. The first kappa shape index (κ1) is 24.6. The molecule has 30 heavy (non-hydrogen) atoms. The van der Waals surface area contributed by atoms with E-state index in [9.17, 15) is 33.1 Å². The Balaban J connectivity index is 2.24. The standard InChI is InChI=1S/C9H15N6O12P3/c1-4-3-15(9(17)11-7(4)16)6-2-5(12-13-10)8(25-6)26-30(23,24)27-29(21,22)14-28(18,19)20/h3,5-6,8H,2H2,1H3,(H,23,24)(H,11,16,17)(H4,14,18,19,20,21,22)/t5-,6-,8-/m1/s1. The molecule has 2 unspecified atom stereocenters. The second-order valence-corrected chi connectivity index (χ2v) is 10.5. The van der Waals surface area contributed by atoms with Gasteiger partial charge in [-0.3, -0.25) is 18.9 Å². The summed E-state index contributed by atoms with van der Waals surface area (Å²) in [7, 11) is -16.4. The van der Waals surface area contributed by atoms with Crippen LogP contribution in [0.5, 0.6) is 0 Å². The van der Waals surface area contributed by atoms with Gasteiger partial charge in [-0.25, -0.2) is 18.5 Å². The van der Waals surface area contributed by atoms with Gasteiger partial charge in [-0.15, -0.1) is 4.86 Å². The third kappa shape index (κ3) is 6.68. The zero-order valence-electron chi connectivity index (χ0n) is 14.7. The summed E-state index contributed by atoms with van der Waals surface area (Å²) in [6.07, 6.45) is -2.29. The van der Waals surface area contributed by atoms with Gasteiger partial charge in [-0.1, -0.05) is 5.11 Å². The molecule has 1 aromatic heterocycles. The van der Waals surface area contributed by atoms with Crippen LogP contribution in [0.3, 0.4) is 0 Å². The SMILES string of the molecule is Cc1cn([C@H]2C[C@@H](N=[N+]=[N-])[C@@H](OP(=O)(O)OP(=O)(O)NP(=O)(O)O)O2)c(=O)[nH]c1=O. The summed E-state index contributed by atoms with van der Waals surface area (Å²) in [5.41, 5.74) is 7.17. The molecule has 0 saturated carbocycles. The highest BCUT2D eigenvalue weighted by molar-refractivity contribution is 7.70. The molecule has 0 amide bonds. The maximum absolute atomic E-state index is 12.0. The first-order valence-corrected chi connectivity index (χ1v) is 12.2. The summed E-state index contributed by atoms with van der Waals surface area (Å²) in [4.78, 5) is 64.8. The third-order valence-corrected chi connectivity index (χ3v) is 7.65. The smallest absolute Gasteiger partial charge is 0.328 e. The Labute approximate surface area is 165 Å². The van der Waals surface area contributed by atoms with Gasteiger partial charge < -0.3 is 24.3 Å². The lowest BCUT2D eigenvalue weighted by molar-refractivity contribution is -0.111. The van der Waals surface area contributed by atoms with E-state index in [2.05, 4.69) is 18.9 Å². The summed E-state index contributed by atoms with van der Waals surface area (Å²) in [5.74, 6) is 0. The van der Waals surface area contributed by atoms with E-state index in [-0.39, 0.29) is 12.0 Å². The number of rotatable bonds is 8. The average molecular weight is 492 g/mol. The zero-order valence-corrected chi connectivity index (χ0v) is 17.4. The van der Waals surface area contributed by atoms with Crippen molar-refractivity contribution in [3.8, 4) is 0 Å². The Bertz CT molecular complexity index is 1120. The van der Waals surface area contributed by atoms with Crippen molar-refractivity contribution in [3.63, 3.8) is 0 Å². The Morgan fingerprint density at radius 2 is 1.97 bits per heavy atom. The van der Waals surface area contributed by atoms with E-state index in [1.807, 2.05) is 4.98 Å². The van der Waals surface area contributed by atoms with Crippen molar-refractivity contribution in [2.24, 2.45) is 5.11 Å². The zero-order chi connectivity index (χ0) is 22.9. The molecule has 1 aliphatic heterocycles. The van der Waals surface area contributed by atoms with Gasteiger partial charge >= 0.3 is 29.0 Å².